The van der Waals surface area contributed by atoms with E-state index in [9.17, 15) is 20.2 Å². The third kappa shape index (κ3) is 2.97. The van der Waals surface area contributed by atoms with Crippen molar-refractivity contribution in [3.8, 4) is 0 Å². The Morgan fingerprint density at radius 1 is 1.29 bits per heavy atom. The van der Waals surface area contributed by atoms with E-state index < -0.39 is 15.9 Å². The van der Waals surface area contributed by atoms with Gasteiger partial charge < -0.3 is 5.73 Å². The molecular formula is C10H13N3O4. The van der Waals surface area contributed by atoms with Gasteiger partial charge in [0, 0.05) is 17.7 Å². The normalized spacial score (nSPS) is 12.1. The standard InChI is InChI=1S/C10H13N3O4/c1-2-3-9(11)8-5-4-7(12(14)15)6-10(8)13(16)17/h4-6,9H,2-3,11H2,1H3/t9-/m1/s1. The highest BCUT2D eigenvalue weighted by molar-refractivity contribution is 5.50. The largest absolute Gasteiger partial charge is 0.324 e. The minimum atomic E-state index is -0.665. The summed E-state index contributed by atoms with van der Waals surface area (Å²) in [4.78, 5) is 20.1. The number of non-ortho nitro benzene ring substituents is 1. The zero-order valence-electron chi connectivity index (χ0n) is 9.33. The second-order valence-electron chi connectivity index (χ2n) is 3.65. The molecule has 0 aromatic heterocycles. The van der Waals surface area contributed by atoms with Gasteiger partial charge in [-0.05, 0) is 12.5 Å². The summed E-state index contributed by atoms with van der Waals surface area (Å²) in [6.45, 7) is 1.91. The van der Waals surface area contributed by atoms with Gasteiger partial charge in [0.25, 0.3) is 11.4 Å². The summed E-state index contributed by atoms with van der Waals surface area (Å²) in [5.41, 5.74) is 5.54. The van der Waals surface area contributed by atoms with Crippen LogP contribution in [0.15, 0.2) is 18.2 Å². The molecule has 1 aromatic rings. The molecule has 92 valence electrons. The first-order valence-electron chi connectivity index (χ1n) is 5.15. The maximum atomic E-state index is 10.8. The molecule has 0 bridgehead atoms. The summed E-state index contributed by atoms with van der Waals surface area (Å²) in [5.74, 6) is 0. The van der Waals surface area contributed by atoms with Crippen molar-refractivity contribution in [2.75, 3.05) is 0 Å². The quantitative estimate of drug-likeness (QED) is 0.625. The second-order valence-corrected chi connectivity index (χ2v) is 3.65. The average Bonchev–Trinajstić information content (AvgIpc) is 2.28. The van der Waals surface area contributed by atoms with Crippen LogP contribution in [0.1, 0.15) is 31.4 Å². The summed E-state index contributed by atoms with van der Waals surface area (Å²) >= 11 is 0. The molecule has 7 nitrogen and oxygen atoms in total. The highest BCUT2D eigenvalue weighted by Crippen LogP contribution is 2.30. The van der Waals surface area contributed by atoms with Crippen LogP contribution in [-0.2, 0) is 0 Å². The molecule has 1 rings (SSSR count). The Morgan fingerprint density at radius 3 is 2.41 bits per heavy atom. The van der Waals surface area contributed by atoms with Gasteiger partial charge in [0.1, 0.15) is 0 Å². The molecule has 2 N–H and O–H groups in total. The zero-order valence-corrected chi connectivity index (χ0v) is 9.33. The van der Waals surface area contributed by atoms with E-state index in [1.807, 2.05) is 6.92 Å². The molecular weight excluding hydrogens is 226 g/mol. The third-order valence-electron chi connectivity index (χ3n) is 2.42. The van der Waals surface area contributed by atoms with Crippen LogP contribution in [0, 0.1) is 20.2 Å². The molecule has 7 heteroatoms. The van der Waals surface area contributed by atoms with Gasteiger partial charge in [0.15, 0.2) is 0 Å². The van der Waals surface area contributed by atoms with Gasteiger partial charge in [-0.15, -0.1) is 0 Å². The molecule has 0 aliphatic heterocycles. The minimum Gasteiger partial charge on any atom is -0.324 e. The molecule has 0 heterocycles. The number of hydrogen-bond acceptors (Lipinski definition) is 5. The number of nitro benzene ring substituents is 2. The molecule has 0 fully saturated rings. The van der Waals surface area contributed by atoms with Gasteiger partial charge in [-0.3, -0.25) is 20.2 Å². The lowest BCUT2D eigenvalue weighted by molar-refractivity contribution is -0.394. The van der Waals surface area contributed by atoms with Crippen LogP contribution in [0.4, 0.5) is 11.4 Å². The molecule has 0 amide bonds. The van der Waals surface area contributed by atoms with E-state index in [4.69, 9.17) is 5.73 Å². The van der Waals surface area contributed by atoms with Crippen molar-refractivity contribution in [1.29, 1.82) is 0 Å². The summed E-state index contributed by atoms with van der Waals surface area (Å²) < 4.78 is 0. The summed E-state index contributed by atoms with van der Waals surface area (Å²) in [7, 11) is 0. The molecule has 0 unspecified atom stereocenters. The van der Waals surface area contributed by atoms with E-state index in [0.717, 1.165) is 12.5 Å². The highest BCUT2D eigenvalue weighted by atomic mass is 16.6. The van der Waals surface area contributed by atoms with E-state index in [2.05, 4.69) is 0 Å². The number of benzene rings is 1. The van der Waals surface area contributed by atoms with Crippen LogP contribution in [-0.4, -0.2) is 9.85 Å². The lowest BCUT2D eigenvalue weighted by Crippen LogP contribution is -2.12. The van der Waals surface area contributed by atoms with Crippen molar-refractivity contribution < 1.29 is 9.85 Å². The Bertz CT molecular complexity index is 447. The number of nitro groups is 2. The summed E-state index contributed by atoms with van der Waals surface area (Å²) in [6.07, 6.45) is 1.38. The number of hydrogen-bond donors (Lipinski definition) is 1. The topological polar surface area (TPSA) is 112 Å². The molecule has 17 heavy (non-hydrogen) atoms. The van der Waals surface area contributed by atoms with Crippen molar-refractivity contribution in [3.05, 3.63) is 44.0 Å². The van der Waals surface area contributed by atoms with Crippen LogP contribution >= 0.6 is 0 Å². The SMILES string of the molecule is CCC[C@@H](N)c1ccc([N+](=O)[O-])cc1[N+](=O)[O-]. The van der Waals surface area contributed by atoms with Gasteiger partial charge in [0.05, 0.1) is 15.9 Å². The Hall–Kier alpha value is -2.02. The van der Waals surface area contributed by atoms with E-state index in [-0.39, 0.29) is 11.4 Å². The molecule has 0 radical (unpaired) electrons. The van der Waals surface area contributed by atoms with Gasteiger partial charge >= 0.3 is 0 Å². The molecule has 1 atom stereocenters. The molecule has 1 aromatic carbocycles. The lowest BCUT2D eigenvalue weighted by Gasteiger charge is -2.10. The van der Waals surface area contributed by atoms with E-state index >= 15 is 0 Å². The van der Waals surface area contributed by atoms with Gasteiger partial charge in [0.2, 0.25) is 0 Å². The second kappa shape index (κ2) is 5.35. The lowest BCUT2D eigenvalue weighted by atomic mass is 10.0. The maximum Gasteiger partial charge on any atom is 0.281 e. The van der Waals surface area contributed by atoms with Crippen molar-refractivity contribution in [1.82, 2.24) is 0 Å². The van der Waals surface area contributed by atoms with E-state index in [0.29, 0.717) is 12.0 Å². The van der Waals surface area contributed by atoms with Crippen molar-refractivity contribution in [2.45, 2.75) is 25.8 Å². The van der Waals surface area contributed by atoms with Crippen LogP contribution in [0.5, 0.6) is 0 Å². The van der Waals surface area contributed by atoms with Crippen molar-refractivity contribution in [2.24, 2.45) is 5.73 Å². The summed E-state index contributed by atoms with van der Waals surface area (Å²) in [5, 5.41) is 21.4. The van der Waals surface area contributed by atoms with Gasteiger partial charge in [-0.25, -0.2) is 0 Å². The third-order valence-corrected chi connectivity index (χ3v) is 2.42. The average molecular weight is 239 g/mol. The number of nitrogens with zero attached hydrogens (tertiary/aromatic N) is 2. The smallest absolute Gasteiger partial charge is 0.281 e. The fourth-order valence-electron chi connectivity index (χ4n) is 1.58. The Kier molecular flexibility index (Phi) is 4.11. The maximum absolute atomic E-state index is 10.8. The van der Waals surface area contributed by atoms with Crippen LogP contribution in [0.25, 0.3) is 0 Å². The fraction of sp³-hybridized carbons (Fsp3) is 0.400. The Balaban J connectivity index is 3.22. The van der Waals surface area contributed by atoms with E-state index in [1.54, 1.807) is 0 Å². The van der Waals surface area contributed by atoms with Gasteiger partial charge in [-0.1, -0.05) is 13.3 Å². The first-order valence-corrected chi connectivity index (χ1v) is 5.15. The van der Waals surface area contributed by atoms with Crippen LogP contribution in [0.3, 0.4) is 0 Å². The Morgan fingerprint density at radius 2 is 1.94 bits per heavy atom. The fourth-order valence-corrected chi connectivity index (χ4v) is 1.58. The highest BCUT2D eigenvalue weighted by Gasteiger charge is 2.22. The minimum absolute atomic E-state index is 0.292. The van der Waals surface area contributed by atoms with E-state index in [1.165, 1.54) is 12.1 Å². The van der Waals surface area contributed by atoms with Gasteiger partial charge in [-0.2, -0.15) is 0 Å². The first kappa shape index (κ1) is 13.0. The monoisotopic (exact) mass is 239 g/mol. The molecule has 0 saturated carbocycles. The molecule has 0 spiro atoms. The predicted octanol–water partition coefficient (Wildman–Crippen LogP) is 2.30. The molecule has 0 saturated heterocycles. The van der Waals surface area contributed by atoms with Crippen LogP contribution in [0.2, 0.25) is 0 Å². The van der Waals surface area contributed by atoms with Crippen LogP contribution < -0.4 is 5.73 Å². The zero-order chi connectivity index (χ0) is 13.0. The first-order chi connectivity index (χ1) is 7.97. The summed E-state index contributed by atoms with van der Waals surface area (Å²) in [6, 6.07) is 3.07. The van der Waals surface area contributed by atoms with Crippen molar-refractivity contribution in [3.63, 3.8) is 0 Å². The van der Waals surface area contributed by atoms with Crippen molar-refractivity contribution >= 4 is 11.4 Å². The number of rotatable bonds is 5. The Labute approximate surface area is 97.5 Å². The predicted molar refractivity (Wildman–Crippen MR) is 61.6 cm³/mol. The molecule has 0 aliphatic rings. The number of nitrogens with two attached hydrogens (primary N) is 1. The molecule has 0 aliphatic carbocycles.